The highest BCUT2D eigenvalue weighted by Crippen LogP contribution is 2.31. The first kappa shape index (κ1) is 22.7. The number of hydrogen-bond acceptors (Lipinski definition) is 8. The molecule has 3 aromatic heterocycles. The first-order chi connectivity index (χ1) is 15.8. The Hall–Kier alpha value is -3.44. The van der Waals surface area contributed by atoms with Crippen molar-refractivity contribution in [3.05, 3.63) is 79.8 Å². The number of thioether (sulfide) groups is 1. The fraction of sp³-hybridized carbons (Fsp3) is 0.227. The minimum absolute atomic E-state index is 0.148. The summed E-state index contributed by atoms with van der Waals surface area (Å²) in [5.74, 6) is 0.0831. The number of anilines is 1. The molecule has 11 heteroatoms. The summed E-state index contributed by atoms with van der Waals surface area (Å²) in [6.07, 6.45) is 0. The van der Waals surface area contributed by atoms with Crippen molar-refractivity contribution in [1.82, 2.24) is 23.9 Å². The summed E-state index contributed by atoms with van der Waals surface area (Å²) < 4.78 is 3.93. The van der Waals surface area contributed by atoms with Crippen LogP contribution in [0.2, 0.25) is 0 Å². The van der Waals surface area contributed by atoms with Gasteiger partial charge in [0.05, 0.1) is 16.7 Å². The van der Waals surface area contributed by atoms with Crippen LogP contribution in [0.15, 0.2) is 62.6 Å². The molecule has 9 nitrogen and oxygen atoms in total. The van der Waals surface area contributed by atoms with Gasteiger partial charge in [0.2, 0.25) is 0 Å². The monoisotopic (exact) mass is 482 g/mol. The zero-order valence-electron chi connectivity index (χ0n) is 18.3. The lowest BCUT2D eigenvalue weighted by Gasteiger charge is -2.15. The molecule has 0 saturated carbocycles. The van der Waals surface area contributed by atoms with E-state index in [9.17, 15) is 14.4 Å². The van der Waals surface area contributed by atoms with Gasteiger partial charge in [0, 0.05) is 14.1 Å². The molecule has 1 aromatic carbocycles. The summed E-state index contributed by atoms with van der Waals surface area (Å²) in [6.45, 7) is 2.21. The SMILES string of the molecule is CC(Sc1nnc(-c2cccs2)n1Cc1ccccc1)C(=O)c1c(N)n(C)c(=O)n(C)c1=O. The van der Waals surface area contributed by atoms with Crippen molar-refractivity contribution in [3.8, 4) is 10.7 Å². The maximum absolute atomic E-state index is 13.2. The van der Waals surface area contributed by atoms with Gasteiger partial charge < -0.3 is 5.73 Å². The quantitative estimate of drug-likeness (QED) is 0.317. The standard InChI is InChI=1S/C22H22N6O3S2/c1-13(17(29)16-18(23)26(2)22(31)27(3)20(16)30)33-21-25-24-19(15-10-7-11-32-15)28(21)12-14-8-5-4-6-9-14/h4-11,13H,12,23H2,1-3H3. The molecule has 0 aliphatic heterocycles. The molecule has 1 unspecified atom stereocenters. The summed E-state index contributed by atoms with van der Waals surface area (Å²) in [5, 5.41) is 10.5. The molecule has 0 spiro atoms. The minimum atomic E-state index is -0.710. The number of benzene rings is 1. The average Bonchev–Trinajstić information content (AvgIpc) is 3.47. The molecule has 170 valence electrons. The Morgan fingerprint density at radius 3 is 2.48 bits per heavy atom. The number of Topliss-reactive ketones (excluding diaryl/α,β-unsaturated/α-hetero) is 1. The lowest BCUT2D eigenvalue weighted by atomic mass is 10.1. The van der Waals surface area contributed by atoms with Gasteiger partial charge in [-0.15, -0.1) is 21.5 Å². The first-order valence-electron chi connectivity index (χ1n) is 10.1. The van der Waals surface area contributed by atoms with Gasteiger partial charge in [-0.25, -0.2) is 4.79 Å². The van der Waals surface area contributed by atoms with Crippen LogP contribution in [0.4, 0.5) is 5.82 Å². The number of thiophene rings is 1. The van der Waals surface area contributed by atoms with Crippen LogP contribution in [0.3, 0.4) is 0 Å². The maximum Gasteiger partial charge on any atom is 0.332 e. The van der Waals surface area contributed by atoms with Crippen LogP contribution in [0.5, 0.6) is 0 Å². The van der Waals surface area contributed by atoms with Gasteiger partial charge >= 0.3 is 5.69 Å². The van der Waals surface area contributed by atoms with E-state index >= 15 is 0 Å². The molecule has 0 amide bonds. The molecule has 4 aromatic rings. The molecular formula is C22H22N6O3S2. The van der Waals surface area contributed by atoms with E-state index < -0.39 is 22.3 Å². The van der Waals surface area contributed by atoms with Crippen molar-refractivity contribution in [2.75, 3.05) is 5.73 Å². The van der Waals surface area contributed by atoms with Crippen LogP contribution in [0.1, 0.15) is 22.8 Å². The van der Waals surface area contributed by atoms with E-state index in [-0.39, 0.29) is 11.4 Å². The number of nitrogens with zero attached hydrogens (tertiary/aromatic N) is 5. The Labute approximate surface area is 197 Å². The van der Waals surface area contributed by atoms with E-state index in [4.69, 9.17) is 5.73 Å². The largest absolute Gasteiger partial charge is 0.384 e. The van der Waals surface area contributed by atoms with Gasteiger partial charge in [-0.2, -0.15) is 0 Å². The number of aromatic nitrogens is 5. The number of rotatable bonds is 7. The molecule has 1 atom stereocenters. The van der Waals surface area contributed by atoms with Crippen LogP contribution < -0.4 is 17.0 Å². The molecule has 3 heterocycles. The smallest absolute Gasteiger partial charge is 0.332 e. The number of carbonyl (C=O) groups is 1. The highest BCUT2D eigenvalue weighted by Gasteiger charge is 2.27. The molecule has 0 aliphatic rings. The van der Waals surface area contributed by atoms with Gasteiger partial charge in [-0.05, 0) is 23.9 Å². The average molecular weight is 483 g/mol. The summed E-state index contributed by atoms with van der Waals surface area (Å²) >= 11 is 2.75. The lowest BCUT2D eigenvalue weighted by Crippen LogP contribution is -2.42. The molecule has 0 fully saturated rings. The van der Waals surface area contributed by atoms with E-state index in [0.29, 0.717) is 17.5 Å². The maximum atomic E-state index is 13.2. The zero-order valence-corrected chi connectivity index (χ0v) is 19.9. The Balaban J connectivity index is 1.70. The lowest BCUT2D eigenvalue weighted by molar-refractivity contribution is 0.0992. The Morgan fingerprint density at radius 2 is 1.82 bits per heavy atom. The van der Waals surface area contributed by atoms with Crippen molar-refractivity contribution >= 4 is 34.7 Å². The minimum Gasteiger partial charge on any atom is -0.384 e. The van der Waals surface area contributed by atoms with Crippen molar-refractivity contribution in [1.29, 1.82) is 0 Å². The van der Waals surface area contributed by atoms with Crippen LogP contribution in [-0.2, 0) is 20.6 Å². The van der Waals surface area contributed by atoms with Gasteiger partial charge in [0.1, 0.15) is 11.4 Å². The van der Waals surface area contributed by atoms with E-state index in [1.165, 1.54) is 25.9 Å². The van der Waals surface area contributed by atoms with Crippen molar-refractivity contribution < 1.29 is 4.79 Å². The number of nitrogens with two attached hydrogens (primary N) is 1. The summed E-state index contributed by atoms with van der Waals surface area (Å²) in [4.78, 5) is 38.9. The molecule has 0 bridgehead atoms. The molecule has 2 N–H and O–H groups in total. The van der Waals surface area contributed by atoms with Crippen molar-refractivity contribution in [3.63, 3.8) is 0 Å². The normalized spacial score (nSPS) is 12.1. The molecule has 0 radical (unpaired) electrons. The predicted octanol–water partition coefficient (Wildman–Crippen LogP) is 2.40. The second-order valence-electron chi connectivity index (χ2n) is 7.45. The summed E-state index contributed by atoms with van der Waals surface area (Å²) in [7, 11) is 2.75. The van der Waals surface area contributed by atoms with Gasteiger partial charge in [0.25, 0.3) is 5.56 Å². The van der Waals surface area contributed by atoms with E-state index in [1.807, 2.05) is 52.4 Å². The van der Waals surface area contributed by atoms with Crippen LogP contribution in [-0.4, -0.2) is 34.9 Å². The van der Waals surface area contributed by atoms with Crippen LogP contribution in [0, 0.1) is 0 Å². The zero-order chi connectivity index (χ0) is 23.7. The highest BCUT2D eigenvalue weighted by atomic mass is 32.2. The molecule has 0 aliphatic carbocycles. The number of hydrogen-bond donors (Lipinski definition) is 1. The molecule has 33 heavy (non-hydrogen) atoms. The Bertz CT molecular complexity index is 1420. The van der Waals surface area contributed by atoms with E-state index in [1.54, 1.807) is 18.3 Å². The van der Waals surface area contributed by atoms with Gasteiger partial charge in [0.15, 0.2) is 16.8 Å². The molecule has 0 saturated heterocycles. The summed E-state index contributed by atoms with van der Waals surface area (Å²) in [5.41, 5.74) is 5.54. The predicted molar refractivity (Wildman–Crippen MR) is 130 cm³/mol. The fourth-order valence-electron chi connectivity index (χ4n) is 3.38. The second-order valence-corrected chi connectivity index (χ2v) is 9.70. The number of ketones is 1. The van der Waals surface area contributed by atoms with Crippen LogP contribution in [0.25, 0.3) is 10.7 Å². The third kappa shape index (κ3) is 4.29. The van der Waals surface area contributed by atoms with E-state index in [2.05, 4.69) is 10.2 Å². The van der Waals surface area contributed by atoms with Crippen molar-refractivity contribution in [2.24, 2.45) is 14.1 Å². The molecular weight excluding hydrogens is 460 g/mol. The fourth-order valence-corrected chi connectivity index (χ4v) is 5.00. The third-order valence-corrected chi connectivity index (χ3v) is 7.20. The molecule has 4 rings (SSSR count). The number of nitrogen functional groups attached to an aromatic ring is 1. The van der Waals surface area contributed by atoms with Crippen LogP contribution >= 0.6 is 23.1 Å². The topological polar surface area (TPSA) is 118 Å². The Morgan fingerprint density at radius 1 is 1.09 bits per heavy atom. The van der Waals surface area contributed by atoms with Gasteiger partial charge in [-0.1, -0.05) is 48.2 Å². The van der Waals surface area contributed by atoms with E-state index in [0.717, 1.165) is 19.6 Å². The van der Waals surface area contributed by atoms with Gasteiger partial charge in [-0.3, -0.25) is 23.3 Å². The summed E-state index contributed by atoms with van der Waals surface area (Å²) in [6, 6.07) is 13.8. The van der Waals surface area contributed by atoms with Crippen molar-refractivity contribution in [2.45, 2.75) is 23.9 Å². The highest BCUT2D eigenvalue weighted by molar-refractivity contribution is 8.00. The third-order valence-electron chi connectivity index (χ3n) is 5.25. The first-order valence-corrected chi connectivity index (χ1v) is 11.8. The Kier molecular flexibility index (Phi) is 6.34. The number of carbonyl (C=O) groups excluding carboxylic acids is 1. The second kappa shape index (κ2) is 9.20.